The molecule has 0 bridgehead atoms. The molecule has 2 N–H and O–H groups in total. The SMILES string of the molecule is CCOc1ncc(C=CC(O)CCCCc2cccc(NCc3ccc(OC)cc3)n2)cn1. The number of hydrogen-bond donors (Lipinski definition) is 2. The van der Waals surface area contributed by atoms with E-state index in [9.17, 15) is 5.11 Å². The number of hydrogen-bond acceptors (Lipinski definition) is 7. The van der Waals surface area contributed by atoms with Crippen LogP contribution in [0.5, 0.6) is 11.8 Å². The normalized spacial score (nSPS) is 12.0. The monoisotopic (exact) mass is 448 g/mol. The van der Waals surface area contributed by atoms with Gasteiger partial charge in [-0.1, -0.05) is 36.8 Å². The Hall–Kier alpha value is -3.45. The van der Waals surface area contributed by atoms with Gasteiger partial charge in [0, 0.05) is 30.2 Å². The number of pyridine rings is 1. The molecule has 0 aliphatic rings. The van der Waals surface area contributed by atoms with Crippen molar-refractivity contribution in [1.82, 2.24) is 15.0 Å². The van der Waals surface area contributed by atoms with Gasteiger partial charge in [0.15, 0.2) is 0 Å². The van der Waals surface area contributed by atoms with Crippen molar-refractivity contribution in [2.24, 2.45) is 0 Å². The number of aryl methyl sites for hydroxylation is 1. The third-order valence-corrected chi connectivity index (χ3v) is 5.05. The fourth-order valence-electron chi connectivity index (χ4n) is 3.25. The maximum absolute atomic E-state index is 10.2. The van der Waals surface area contributed by atoms with Gasteiger partial charge in [0.1, 0.15) is 11.6 Å². The van der Waals surface area contributed by atoms with Crippen LogP contribution in [0.15, 0.2) is 60.9 Å². The van der Waals surface area contributed by atoms with Crippen LogP contribution in [-0.4, -0.2) is 39.9 Å². The van der Waals surface area contributed by atoms with Crippen molar-refractivity contribution in [3.63, 3.8) is 0 Å². The van der Waals surface area contributed by atoms with Crippen molar-refractivity contribution in [1.29, 1.82) is 0 Å². The first kappa shape index (κ1) is 24.2. The van der Waals surface area contributed by atoms with Crippen molar-refractivity contribution in [3.05, 3.63) is 77.8 Å². The Balaban J connectivity index is 1.37. The van der Waals surface area contributed by atoms with E-state index in [-0.39, 0.29) is 0 Å². The number of rotatable bonds is 13. The fraction of sp³-hybridized carbons (Fsp3) is 0.346. The first-order chi connectivity index (χ1) is 16.2. The van der Waals surface area contributed by atoms with Crippen LogP contribution in [0.25, 0.3) is 6.08 Å². The van der Waals surface area contributed by atoms with Crippen LogP contribution >= 0.6 is 0 Å². The summed E-state index contributed by atoms with van der Waals surface area (Å²) in [6, 6.07) is 14.4. The molecule has 174 valence electrons. The topological polar surface area (TPSA) is 89.4 Å². The number of aliphatic hydroxyl groups excluding tert-OH is 1. The lowest BCUT2D eigenvalue weighted by molar-refractivity contribution is 0.209. The largest absolute Gasteiger partial charge is 0.497 e. The van der Waals surface area contributed by atoms with Crippen LogP contribution in [0.4, 0.5) is 5.82 Å². The maximum atomic E-state index is 10.2. The van der Waals surface area contributed by atoms with Gasteiger partial charge in [-0.2, -0.15) is 0 Å². The smallest absolute Gasteiger partial charge is 0.316 e. The van der Waals surface area contributed by atoms with E-state index in [0.29, 0.717) is 25.6 Å². The molecule has 7 nitrogen and oxygen atoms in total. The average Bonchev–Trinajstić information content (AvgIpc) is 2.86. The zero-order chi connectivity index (χ0) is 23.3. The first-order valence-electron chi connectivity index (χ1n) is 11.3. The Bertz CT molecular complexity index is 991. The number of nitrogens with one attached hydrogen (secondary N) is 1. The zero-order valence-electron chi connectivity index (χ0n) is 19.3. The van der Waals surface area contributed by atoms with Crippen molar-refractivity contribution < 1.29 is 14.6 Å². The molecule has 1 aromatic carbocycles. The minimum Gasteiger partial charge on any atom is -0.497 e. The molecule has 33 heavy (non-hydrogen) atoms. The second kappa shape index (κ2) is 13.2. The molecule has 2 heterocycles. The standard InChI is InChI=1S/C26H32N4O3/c1-3-33-26-28-18-21(19-29-26)11-14-23(31)9-5-4-7-22-8-6-10-25(30-22)27-17-20-12-15-24(32-2)16-13-20/h6,8,10-16,18-19,23,31H,3-5,7,9,17H2,1-2H3,(H,27,30). The van der Waals surface area contributed by atoms with Gasteiger partial charge >= 0.3 is 6.01 Å². The molecule has 0 saturated carbocycles. The lowest BCUT2D eigenvalue weighted by Gasteiger charge is -2.09. The summed E-state index contributed by atoms with van der Waals surface area (Å²) in [4.78, 5) is 12.9. The molecule has 0 aliphatic heterocycles. The second-order valence-corrected chi connectivity index (χ2v) is 7.62. The zero-order valence-corrected chi connectivity index (χ0v) is 19.3. The van der Waals surface area contributed by atoms with E-state index < -0.39 is 6.10 Å². The third kappa shape index (κ3) is 8.54. The molecule has 1 atom stereocenters. The minimum atomic E-state index is -0.498. The quantitative estimate of drug-likeness (QED) is 0.367. The van der Waals surface area contributed by atoms with Crippen LogP contribution in [-0.2, 0) is 13.0 Å². The Morgan fingerprint density at radius 2 is 1.85 bits per heavy atom. The van der Waals surface area contributed by atoms with E-state index in [2.05, 4.69) is 15.3 Å². The molecule has 0 amide bonds. The molecule has 3 rings (SSSR count). The number of ether oxygens (including phenoxy) is 2. The number of unbranched alkanes of at least 4 members (excludes halogenated alkanes) is 1. The summed E-state index contributed by atoms with van der Waals surface area (Å²) in [5.74, 6) is 1.72. The maximum Gasteiger partial charge on any atom is 0.316 e. The van der Waals surface area contributed by atoms with E-state index in [1.54, 1.807) is 25.6 Å². The number of aliphatic hydroxyl groups is 1. The van der Waals surface area contributed by atoms with E-state index in [4.69, 9.17) is 14.5 Å². The number of benzene rings is 1. The number of anilines is 1. The van der Waals surface area contributed by atoms with Gasteiger partial charge in [0.25, 0.3) is 0 Å². The van der Waals surface area contributed by atoms with E-state index in [0.717, 1.165) is 42.1 Å². The number of aromatic nitrogens is 3. The molecule has 0 saturated heterocycles. The molecule has 1 unspecified atom stereocenters. The van der Waals surface area contributed by atoms with Crippen LogP contribution in [0.1, 0.15) is 43.0 Å². The summed E-state index contributed by atoms with van der Waals surface area (Å²) in [7, 11) is 1.67. The second-order valence-electron chi connectivity index (χ2n) is 7.62. The number of methoxy groups -OCH3 is 1. The average molecular weight is 449 g/mol. The summed E-state index contributed by atoms with van der Waals surface area (Å²) in [6.07, 6.45) is 9.93. The molecular formula is C26H32N4O3. The minimum absolute atomic E-state index is 0.365. The van der Waals surface area contributed by atoms with Gasteiger partial charge in [-0.05, 0) is 56.0 Å². The molecular weight excluding hydrogens is 416 g/mol. The highest BCUT2D eigenvalue weighted by molar-refractivity contribution is 5.47. The Kier molecular flexibility index (Phi) is 9.66. The first-order valence-corrected chi connectivity index (χ1v) is 11.3. The van der Waals surface area contributed by atoms with Gasteiger partial charge in [0.05, 0.1) is 19.8 Å². The summed E-state index contributed by atoms with van der Waals surface area (Å²) in [5.41, 5.74) is 3.05. The Morgan fingerprint density at radius 3 is 2.58 bits per heavy atom. The van der Waals surface area contributed by atoms with E-state index in [1.165, 1.54) is 5.56 Å². The summed E-state index contributed by atoms with van der Waals surface area (Å²) in [5, 5.41) is 13.6. The fourth-order valence-corrected chi connectivity index (χ4v) is 3.25. The Morgan fingerprint density at radius 1 is 1.06 bits per heavy atom. The molecule has 0 radical (unpaired) electrons. The highest BCUT2D eigenvalue weighted by Gasteiger charge is 2.03. The number of nitrogens with zero attached hydrogens (tertiary/aromatic N) is 3. The summed E-state index contributed by atoms with van der Waals surface area (Å²) >= 11 is 0. The van der Waals surface area contributed by atoms with Crippen molar-refractivity contribution in [3.8, 4) is 11.8 Å². The molecule has 0 aliphatic carbocycles. The Labute approximate surface area is 195 Å². The highest BCUT2D eigenvalue weighted by Crippen LogP contribution is 2.14. The van der Waals surface area contributed by atoms with Crippen LogP contribution in [0.3, 0.4) is 0 Å². The van der Waals surface area contributed by atoms with E-state index >= 15 is 0 Å². The lowest BCUT2D eigenvalue weighted by Crippen LogP contribution is -2.04. The van der Waals surface area contributed by atoms with Crippen LogP contribution in [0.2, 0.25) is 0 Å². The van der Waals surface area contributed by atoms with Gasteiger partial charge in [0.2, 0.25) is 0 Å². The molecule has 3 aromatic rings. The van der Waals surface area contributed by atoms with Crippen LogP contribution in [0, 0.1) is 0 Å². The van der Waals surface area contributed by atoms with Gasteiger partial charge in [-0.3, -0.25) is 0 Å². The lowest BCUT2D eigenvalue weighted by atomic mass is 10.1. The molecule has 0 spiro atoms. The van der Waals surface area contributed by atoms with Gasteiger partial charge < -0.3 is 19.9 Å². The third-order valence-electron chi connectivity index (χ3n) is 5.05. The summed E-state index contributed by atoms with van der Waals surface area (Å²) < 4.78 is 10.4. The molecule has 2 aromatic heterocycles. The van der Waals surface area contributed by atoms with Gasteiger partial charge in [-0.15, -0.1) is 0 Å². The predicted octanol–water partition coefficient (Wildman–Crippen LogP) is 4.68. The predicted molar refractivity (Wildman–Crippen MR) is 130 cm³/mol. The molecule has 7 heteroatoms. The molecule has 0 fully saturated rings. The van der Waals surface area contributed by atoms with Crippen molar-refractivity contribution in [2.75, 3.05) is 19.0 Å². The van der Waals surface area contributed by atoms with E-state index in [1.807, 2.05) is 55.5 Å². The highest BCUT2D eigenvalue weighted by atomic mass is 16.5. The van der Waals surface area contributed by atoms with Crippen LogP contribution < -0.4 is 14.8 Å². The van der Waals surface area contributed by atoms with Crippen molar-refractivity contribution in [2.45, 2.75) is 45.3 Å². The van der Waals surface area contributed by atoms with Gasteiger partial charge in [-0.25, -0.2) is 15.0 Å². The summed E-state index contributed by atoms with van der Waals surface area (Å²) in [6.45, 7) is 3.13. The van der Waals surface area contributed by atoms with Crippen molar-refractivity contribution >= 4 is 11.9 Å².